The fraction of sp³-hybridized carbons (Fsp3) is 0. The second kappa shape index (κ2) is 5.96. The number of hydrogen-bond donors (Lipinski definition) is 1. The average molecular weight is 346 g/mol. The van der Waals surface area contributed by atoms with Crippen LogP contribution in [0.1, 0.15) is 5.56 Å². The zero-order valence-corrected chi connectivity index (χ0v) is 13.7. The number of nitrogens with zero attached hydrogens (tertiary/aromatic N) is 3. The summed E-state index contributed by atoms with van der Waals surface area (Å²) in [5.41, 5.74) is 8.41. The quantitative estimate of drug-likeness (QED) is 0.555. The van der Waals surface area contributed by atoms with Crippen molar-refractivity contribution in [2.24, 2.45) is 0 Å². The standard InChI is InChI=1S/C19H11FN4S/c1-2-11-9-22-7-6-13(11)14-5-3-4-12-8-16(25-18(12)14)17-15(20)10-23-19(21)24-17/h1,3-10H,(H2,21,23,24). The molecular formula is C19H11FN4S. The molecule has 0 aliphatic carbocycles. The Morgan fingerprint density at radius 2 is 2.04 bits per heavy atom. The predicted octanol–water partition coefficient (Wildman–Crippen LogP) is 4.12. The van der Waals surface area contributed by atoms with Gasteiger partial charge in [-0.2, -0.15) is 0 Å². The van der Waals surface area contributed by atoms with Crippen molar-refractivity contribution in [2.75, 3.05) is 5.73 Å². The van der Waals surface area contributed by atoms with Crippen molar-refractivity contribution in [1.82, 2.24) is 15.0 Å². The summed E-state index contributed by atoms with van der Waals surface area (Å²) in [4.78, 5) is 12.5. The van der Waals surface area contributed by atoms with Crippen molar-refractivity contribution in [1.29, 1.82) is 0 Å². The summed E-state index contributed by atoms with van der Waals surface area (Å²) in [7, 11) is 0. The molecule has 120 valence electrons. The summed E-state index contributed by atoms with van der Waals surface area (Å²) < 4.78 is 15.1. The van der Waals surface area contributed by atoms with Gasteiger partial charge in [0.1, 0.15) is 5.69 Å². The number of benzene rings is 1. The number of rotatable bonds is 2. The number of fused-ring (bicyclic) bond motifs is 1. The largest absolute Gasteiger partial charge is 0.368 e. The van der Waals surface area contributed by atoms with Crippen LogP contribution in [0.3, 0.4) is 0 Å². The first-order valence-corrected chi connectivity index (χ1v) is 8.21. The van der Waals surface area contributed by atoms with Crippen molar-refractivity contribution in [3.05, 3.63) is 60.3 Å². The van der Waals surface area contributed by atoms with Crippen LogP contribution in [0, 0.1) is 18.2 Å². The average Bonchev–Trinajstić information content (AvgIpc) is 3.07. The molecule has 1 aromatic carbocycles. The normalized spacial score (nSPS) is 10.7. The lowest BCUT2D eigenvalue weighted by Crippen LogP contribution is -1.97. The first-order valence-electron chi connectivity index (χ1n) is 7.39. The van der Waals surface area contributed by atoms with E-state index in [4.69, 9.17) is 12.2 Å². The molecule has 4 rings (SSSR count). The second-order valence-corrected chi connectivity index (χ2v) is 6.38. The van der Waals surface area contributed by atoms with E-state index in [0.29, 0.717) is 10.4 Å². The van der Waals surface area contributed by atoms with Gasteiger partial charge in [-0.15, -0.1) is 17.8 Å². The van der Waals surface area contributed by atoms with Crippen molar-refractivity contribution in [2.45, 2.75) is 0 Å². The molecule has 4 aromatic rings. The molecule has 0 saturated heterocycles. The Balaban J connectivity index is 1.96. The highest BCUT2D eigenvalue weighted by atomic mass is 32.1. The van der Waals surface area contributed by atoms with Gasteiger partial charge in [0.15, 0.2) is 5.82 Å². The zero-order chi connectivity index (χ0) is 17.4. The predicted molar refractivity (Wildman–Crippen MR) is 98.4 cm³/mol. The molecule has 2 N–H and O–H groups in total. The molecule has 0 unspecified atom stereocenters. The Labute approximate surface area is 147 Å². The smallest absolute Gasteiger partial charge is 0.220 e. The number of hydrogen-bond acceptors (Lipinski definition) is 5. The van der Waals surface area contributed by atoms with E-state index < -0.39 is 5.82 Å². The van der Waals surface area contributed by atoms with Crippen LogP contribution < -0.4 is 5.73 Å². The molecule has 0 fully saturated rings. The van der Waals surface area contributed by atoms with Crippen LogP contribution in [0.15, 0.2) is 48.9 Å². The number of anilines is 1. The molecule has 6 heteroatoms. The third-order valence-electron chi connectivity index (χ3n) is 3.81. The summed E-state index contributed by atoms with van der Waals surface area (Å²) in [6.45, 7) is 0. The van der Waals surface area contributed by atoms with Gasteiger partial charge < -0.3 is 5.73 Å². The maximum absolute atomic E-state index is 14.1. The number of nitrogen functional groups attached to an aromatic ring is 1. The van der Waals surface area contributed by atoms with E-state index in [-0.39, 0.29) is 11.6 Å². The summed E-state index contributed by atoms with van der Waals surface area (Å²) >= 11 is 1.44. The van der Waals surface area contributed by atoms with E-state index in [1.807, 2.05) is 30.3 Å². The maximum atomic E-state index is 14.1. The first-order chi connectivity index (χ1) is 12.2. The summed E-state index contributed by atoms with van der Waals surface area (Å²) in [6.07, 6.45) is 10.0. The van der Waals surface area contributed by atoms with Crippen molar-refractivity contribution >= 4 is 27.4 Å². The van der Waals surface area contributed by atoms with Gasteiger partial charge in [0.2, 0.25) is 5.95 Å². The van der Waals surface area contributed by atoms with E-state index >= 15 is 0 Å². The molecule has 0 aliphatic rings. The Morgan fingerprint density at radius 1 is 1.16 bits per heavy atom. The SMILES string of the molecule is C#Cc1cnccc1-c1cccc2cc(-c3nc(N)ncc3F)sc12. The van der Waals surface area contributed by atoms with Gasteiger partial charge >= 0.3 is 0 Å². The summed E-state index contributed by atoms with van der Waals surface area (Å²) in [5, 5.41) is 0.980. The molecular weight excluding hydrogens is 335 g/mol. The highest BCUT2D eigenvalue weighted by Gasteiger charge is 2.15. The van der Waals surface area contributed by atoms with Gasteiger partial charge in [-0.25, -0.2) is 14.4 Å². The highest BCUT2D eigenvalue weighted by molar-refractivity contribution is 7.22. The van der Waals surface area contributed by atoms with Crippen LogP contribution in [-0.4, -0.2) is 15.0 Å². The third kappa shape index (κ3) is 2.61. The molecule has 25 heavy (non-hydrogen) atoms. The fourth-order valence-corrected chi connectivity index (χ4v) is 3.87. The minimum absolute atomic E-state index is 0.0397. The first kappa shape index (κ1) is 15.2. The van der Waals surface area contributed by atoms with Gasteiger partial charge in [-0.05, 0) is 17.5 Å². The van der Waals surface area contributed by atoms with Crippen LogP contribution in [0.4, 0.5) is 10.3 Å². The Morgan fingerprint density at radius 3 is 2.88 bits per heavy atom. The van der Waals surface area contributed by atoms with E-state index in [2.05, 4.69) is 20.9 Å². The number of aromatic nitrogens is 3. The maximum Gasteiger partial charge on any atom is 0.220 e. The lowest BCUT2D eigenvalue weighted by atomic mass is 10.0. The molecule has 0 saturated carbocycles. The van der Waals surface area contributed by atoms with Crippen molar-refractivity contribution in [3.63, 3.8) is 0 Å². The molecule has 0 aliphatic heterocycles. The number of thiophene rings is 1. The van der Waals surface area contributed by atoms with Gasteiger partial charge in [0.05, 0.1) is 16.6 Å². The number of nitrogens with two attached hydrogens (primary N) is 1. The van der Waals surface area contributed by atoms with Crippen LogP contribution >= 0.6 is 11.3 Å². The van der Waals surface area contributed by atoms with E-state index in [1.165, 1.54) is 11.3 Å². The number of pyridine rings is 1. The Hall–Kier alpha value is -3.30. The van der Waals surface area contributed by atoms with Crippen molar-refractivity contribution < 1.29 is 4.39 Å². The number of halogens is 1. The lowest BCUT2D eigenvalue weighted by Gasteiger charge is -2.05. The fourth-order valence-electron chi connectivity index (χ4n) is 2.69. The molecule has 3 aromatic heterocycles. The summed E-state index contributed by atoms with van der Waals surface area (Å²) in [5.74, 6) is 2.19. The second-order valence-electron chi connectivity index (χ2n) is 5.32. The zero-order valence-electron chi connectivity index (χ0n) is 12.9. The van der Waals surface area contributed by atoms with E-state index in [1.54, 1.807) is 12.4 Å². The van der Waals surface area contributed by atoms with Gasteiger partial charge in [-0.1, -0.05) is 24.1 Å². The minimum atomic E-state index is -0.504. The number of terminal acetylenes is 1. The molecule has 0 atom stereocenters. The molecule has 4 nitrogen and oxygen atoms in total. The molecule has 3 heterocycles. The van der Waals surface area contributed by atoms with E-state index in [0.717, 1.165) is 27.4 Å². The van der Waals surface area contributed by atoms with E-state index in [9.17, 15) is 4.39 Å². The van der Waals surface area contributed by atoms with Crippen LogP contribution in [0.5, 0.6) is 0 Å². The minimum Gasteiger partial charge on any atom is -0.368 e. The topological polar surface area (TPSA) is 64.7 Å². The highest BCUT2D eigenvalue weighted by Crippen LogP contribution is 2.40. The molecule has 0 spiro atoms. The van der Waals surface area contributed by atoms with Crippen LogP contribution in [-0.2, 0) is 0 Å². The molecule has 0 bridgehead atoms. The van der Waals surface area contributed by atoms with Crippen LogP contribution in [0.2, 0.25) is 0 Å². The monoisotopic (exact) mass is 346 g/mol. The Bertz CT molecular complexity index is 1140. The van der Waals surface area contributed by atoms with Gasteiger partial charge in [0, 0.05) is 28.2 Å². The third-order valence-corrected chi connectivity index (χ3v) is 5.00. The van der Waals surface area contributed by atoms with Crippen LogP contribution in [0.25, 0.3) is 31.8 Å². The van der Waals surface area contributed by atoms with Gasteiger partial charge in [0.25, 0.3) is 0 Å². The molecule has 0 amide bonds. The lowest BCUT2D eigenvalue weighted by molar-refractivity contribution is 0.619. The molecule has 0 radical (unpaired) electrons. The van der Waals surface area contributed by atoms with Gasteiger partial charge in [-0.3, -0.25) is 4.98 Å². The van der Waals surface area contributed by atoms with Crippen molar-refractivity contribution in [3.8, 4) is 34.0 Å². The summed E-state index contributed by atoms with van der Waals surface area (Å²) in [6, 6.07) is 9.68. The Kier molecular flexibility index (Phi) is 3.64.